The molecule has 80 valence electrons. The Morgan fingerprint density at radius 3 is 1.77 bits per heavy atom. The summed E-state index contributed by atoms with van der Waals surface area (Å²) in [4.78, 5) is 0. The van der Waals surface area contributed by atoms with Gasteiger partial charge in [0.2, 0.25) is 0 Å². The zero-order valence-corrected chi connectivity index (χ0v) is 10.6. The van der Waals surface area contributed by atoms with Crippen molar-refractivity contribution in [3.8, 4) is 0 Å². The minimum atomic E-state index is -0.112. The quantitative estimate of drug-likeness (QED) is 0.532. The molecule has 0 heterocycles. The maximum atomic E-state index is 5.92. The summed E-state index contributed by atoms with van der Waals surface area (Å²) >= 11 is 0. The molecule has 0 amide bonds. The second-order valence-corrected chi connectivity index (χ2v) is 5.86. The number of rotatable bonds is 8. The normalized spacial score (nSPS) is 11.5. The van der Waals surface area contributed by atoms with Crippen LogP contribution in [0.1, 0.15) is 53.4 Å². The molecule has 0 spiro atoms. The standard InChI is InChI=1S/C11H25OP/c1-5-7-9-13(10-8-6-2)12-11(3)4/h11H,5-10H2,1-4H3. The maximum Gasteiger partial charge on any atom is 0.0561 e. The Balaban J connectivity index is 3.60. The predicted molar refractivity (Wildman–Crippen MR) is 62.7 cm³/mol. The lowest BCUT2D eigenvalue weighted by Crippen LogP contribution is -2.02. The van der Waals surface area contributed by atoms with Gasteiger partial charge in [0.15, 0.2) is 0 Å². The molecule has 0 aromatic carbocycles. The molecule has 0 rings (SSSR count). The molecule has 0 aromatic heterocycles. The van der Waals surface area contributed by atoms with Gasteiger partial charge < -0.3 is 4.52 Å². The van der Waals surface area contributed by atoms with E-state index in [1.54, 1.807) is 0 Å². The SMILES string of the molecule is CCCCP(CCCC)OC(C)C. The first-order chi connectivity index (χ1) is 6.20. The number of unbranched alkanes of at least 4 members (excludes halogenated alkanes) is 2. The molecular formula is C11H25OP. The molecule has 0 aliphatic heterocycles. The zero-order chi connectivity index (χ0) is 10.1. The zero-order valence-electron chi connectivity index (χ0n) is 9.68. The summed E-state index contributed by atoms with van der Waals surface area (Å²) in [5.74, 6) is 0. The van der Waals surface area contributed by atoms with Crippen molar-refractivity contribution in [3.63, 3.8) is 0 Å². The van der Waals surface area contributed by atoms with Gasteiger partial charge in [-0.3, -0.25) is 0 Å². The Hall–Kier alpha value is 0.390. The van der Waals surface area contributed by atoms with E-state index in [1.165, 1.54) is 38.0 Å². The van der Waals surface area contributed by atoms with Crippen molar-refractivity contribution in [1.29, 1.82) is 0 Å². The number of hydrogen-bond acceptors (Lipinski definition) is 1. The summed E-state index contributed by atoms with van der Waals surface area (Å²) in [5, 5.41) is 0. The van der Waals surface area contributed by atoms with Gasteiger partial charge in [0, 0.05) is 8.15 Å². The summed E-state index contributed by atoms with van der Waals surface area (Å²) in [6.45, 7) is 8.80. The Labute approximate surface area is 85.1 Å². The van der Waals surface area contributed by atoms with Crippen LogP contribution in [0, 0.1) is 0 Å². The molecule has 0 saturated heterocycles. The minimum Gasteiger partial charge on any atom is -0.357 e. The Kier molecular flexibility index (Phi) is 9.23. The monoisotopic (exact) mass is 204 g/mol. The van der Waals surface area contributed by atoms with Crippen LogP contribution < -0.4 is 0 Å². The maximum absolute atomic E-state index is 5.92. The van der Waals surface area contributed by atoms with Crippen molar-refractivity contribution >= 4 is 8.15 Å². The molecule has 0 atom stereocenters. The summed E-state index contributed by atoms with van der Waals surface area (Å²) in [6.07, 6.45) is 8.30. The molecule has 0 aliphatic rings. The smallest absolute Gasteiger partial charge is 0.0561 e. The van der Waals surface area contributed by atoms with Crippen LogP contribution >= 0.6 is 8.15 Å². The summed E-state index contributed by atoms with van der Waals surface area (Å²) in [7, 11) is -0.112. The van der Waals surface area contributed by atoms with Gasteiger partial charge in [0.05, 0.1) is 6.10 Å². The highest BCUT2D eigenvalue weighted by molar-refractivity contribution is 7.52. The molecule has 2 heteroatoms. The summed E-state index contributed by atoms with van der Waals surface area (Å²) in [5.41, 5.74) is 0. The highest BCUT2D eigenvalue weighted by Gasteiger charge is 2.09. The topological polar surface area (TPSA) is 9.23 Å². The average molecular weight is 204 g/mol. The van der Waals surface area contributed by atoms with E-state index in [-0.39, 0.29) is 8.15 Å². The van der Waals surface area contributed by atoms with Gasteiger partial charge in [0.1, 0.15) is 0 Å². The van der Waals surface area contributed by atoms with E-state index < -0.39 is 0 Å². The van der Waals surface area contributed by atoms with Gasteiger partial charge in [-0.25, -0.2) is 0 Å². The van der Waals surface area contributed by atoms with Crippen LogP contribution in [-0.2, 0) is 4.52 Å². The minimum absolute atomic E-state index is 0.112. The Morgan fingerprint density at radius 1 is 1.00 bits per heavy atom. The first-order valence-electron chi connectivity index (χ1n) is 5.62. The number of hydrogen-bond donors (Lipinski definition) is 0. The molecule has 0 aliphatic carbocycles. The second-order valence-electron chi connectivity index (χ2n) is 3.79. The molecule has 13 heavy (non-hydrogen) atoms. The van der Waals surface area contributed by atoms with Gasteiger partial charge in [-0.2, -0.15) is 0 Å². The van der Waals surface area contributed by atoms with Crippen molar-refractivity contribution < 1.29 is 4.52 Å². The van der Waals surface area contributed by atoms with Crippen LogP contribution in [0.3, 0.4) is 0 Å². The molecular weight excluding hydrogens is 179 g/mol. The highest BCUT2D eigenvalue weighted by atomic mass is 31.1. The fourth-order valence-electron chi connectivity index (χ4n) is 1.18. The van der Waals surface area contributed by atoms with Gasteiger partial charge in [0.25, 0.3) is 0 Å². The molecule has 0 unspecified atom stereocenters. The predicted octanol–water partition coefficient (Wildman–Crippen LogP) is 4.41. The Bertz CT molecular complexity index is 96.3. The molecule has 1 nitrogen and oxygen atoms in total. The van der Waals surface area contributed by atoms with Crippen molar-refractivity contribution in [3.05, 3.63) is 0 Å². The van der Waals surface area contributed by atoms with Crippen LogP contribution in [-0.4, -0.2) is 18.4 Å². The molecule has 0 fully saturated rings. The lowest BCUT2D eigenvalue weighted by atomic mass is 10.4. The van der Waals surface area contributed by atoms with Gasteiger partial charge in [-0.1, -0.05) is 26.7 Å². The molecule has 0 radical (unpaired) electrons. The van der Waals surface area contributed by atoms with Crippen molar-refractivity contribution in [2.75, 3.05) is 12.3 Å². The van der Waals surface area contributed by atoms with E-state index in [2.05, 4.69) is 27.7 Å². The van der Waals surface area contributed by atoms with E-state index in [4.69, 9.17) is 4.52 Å². The molecule has 0 aromatic rings. The third-order valence-electron chi connectivity index (χ3n) is 1.88. The van der Waals surface area contributed by atoms with Crippen molar-refractivity contribution in [1.82, 2.24) is 0 Å². The first kappa shape index (κ1) is 13.4. The van der Waals surface area contributed by atoms with Crippen molar-refractivity contribution in [2.45, 2.75) is 59.5 Å². The average Bonchev–Trinajstić information content (AvgIpc) is 2.09. The van der Waals surface area contributed by atoms with E-state index in [9.17, 15) is 0 Å². The highest BCUT2D eigenvalue weighted by Crippen LogP contribution is 2.40. The van der Waals surface area contributed by atoms with E-state index >= 15 is 0 Å². The molecule has 0 N–H and O–H groups in total. The van der Waals surface area contributed by atoms with E-state index in [1.807, 2.05) is 0 Å². The van der Waals surface area contributed by atoms with Gasteiger partial charge in [-0.15, -0.1) is 0 Å². The van der Waals surface area contributed by atoms with Crippen LogP contribution in [0.5, 0.6) is 0 Å². The summed E-state index contributed by atoms with van der Waals surface area (Å²) < 4.78 is 5.92. The van der Waals surface area contributed by atoms with Gasteiger partial charge in [-0.05, 0) is 39.0 Å². The van der Waals surface area contributed by atoms with Crippen LogP contribution in [0.25, 0.3) is 0 Å². The van der Waals surface area contributed by atoms with Crippen LogP contribution in [0.2, 0.25) is 0 Å². The van der Waals surface area contributed by atoms with Crippen LogP contribution in [0.15, 0.2) is 0 Å². The summed E-state index contributed by atoms with van der Waals surface area (Å²) in [6, 6.07) is 0. The van der Waals surface area contributed by atoms with Crippen molar-refractivity contribution in [2.24, 2.45) is 0 Å². The first-order valence-corrected chi connectivity index (χ1v) is 7.25. The fraction of sp³-hybridized carbons (Fsp3) is 1.00. The van der Waals surface area contributed by atoms with E-state index in [0.29, 0.717) is 6.10 Å². The molecule has 0 bridgehead atoms. The van der Waals surface area contributed by atoms with Crippen LogP contribution in [0.4, 0.5) is 0 Å². The van der Waals surface area contributed by atoms with Gasteiger partial charge >= 0.3 is 0 Å². The largest absolute Gasteiger partial charge is 0.357 e. The molecule has 0 saturated carbocycles. The Morgan fingerprint density at radius 2 is 1.46 bits per heavy atom. The lowest BCUT2D eigenvalue weighted by Gasteiger charge is -2.19. The lowest BCUT2D eigenvalue weighted by molar-refractivity contribution is 0.269. The third kappa shape index (κ3) is 8.71. The second kappa shape index (κ2) is 8.97. The fourth-order valence-corrected chi connectivity index (χ4v) is 3.55. The third-order valence-corrected chi connectivity index (χ3v) is 4.23. The van der Waals surface area contributed by atoms with E-state index in [0.717, 1.165) is 0 Å².